The van der Waals surface area contributed by atoms with E-state index in [2.05, 4.69) is 30.5 Å². The van der Waals surface area contributed by atoms with Crippen LogP contribution in [-0.2, 0) is 29.2 Å². The first-order valence-corrected chi connectivity index (χ1v) is 20.9. The minimum atomic E-state index is -3.97. The first-order chi connectivity index (χ1) is 26.2. The fraction of sp³-hybridized carbons (Fsp3) is 0.487. The summed E-state index contributed by atoms with van der Waals surface area (Å²) in [5.41, 5.74) is 1.11. The van der Waals surface area contributed by atoms with Crippen LogP contribution in [0, 0.1) is 6.92 Å². The Morgan fingerprint density at radius 3 is 2.58 bits per heavy atom. The van der Waals surface area contributed by atoms with E-state index in [-0.39, 0.29) is 44.2 Å². The van der Waals surface area contributed by atoms with Crippen LogP contribution >= 0.6 is 11.3 Å². The van der Waals surface area contributed by atoms with E-state index >= 15 is 0 Å². The number of aromatic nitrogens is 2. The van der Waals surface area contributed by atoms with Crippen LogP contribution in [-0.4, -0.2) is 102 Å². The average molecular weight is 793 g/mol. The maximum absolute atomic E-state index is 14.4. The molecule has 294 valence electrons. The Kier molecular flexibility index (Phi) is 11.7. The maximum Gasteiger partial charge on any atom is 0.263 e. The number of allylic oxidation sites excluding steroid dienone is 1. The van der Waals surface area contributed by atoms with E-state index in [1.165, 1.54) is 27.2 Å². The van der Waals surface area contributed by atoms with Gasteiger partial charge in [0.1, 0.15) is 39.9 Å². The zero-order valence-corrected chi connectivity index (χ0v) is 33.4. The molecule has 1 saturated heterocycles. The second-order valence-corrected chi connectivity index (χ2v) is 17.5. The number of thiazole rings is 1. The number of nitrogens with one attached hydrogen (secondary N) is 2. The van der Waals surface area contributed by atoms with Gasteiger partial charge in [0.2, 0.25) is 27.7 Å². The Hall–Kier alpha value is -4.83. The number of likely N-dealkylation sites (N-methyl/N-ethyl adjacent to an activating group) is 1. The largest absolute Gasteiger partial charge is 0.496 e. The lowest BCUT2D eigenvalue weighted by atomic mass is 9.93. The highest BCUT2D eigenvalue weighted by Gasteiger charge is 2.47. The zero-order chi connectivity index (χ0) is 39.7. The lowest BCUT2D eigenvalue weighted by molar-refractivity contribution is -0.143. The second-order valence-electron chi connectivity index (χ2n) is 14.7. The van der Waals surface area contributed by atoms with Crippen LogP contribution < -0.4 is 19.5 Å². The van der Waals surface area contributed by atoms with Gasteiger partial charge in [0.15, 0.2) is 0 Å². The third-order valence-corrected chi connectivity index (χ3v) is 13.0. The summed E-state index contributed by atoms with van der Waals surface area (Å²) in [6.45, 7) is 9.58. The highest BCUT2D eigenvalue weighted by Crippen LogP contribution is 2.38. The number of ether oxygens (including phenoxy) is 2. The van der Waals surface area contributed by atoms with Crippen LogP contribution in [0.1, 0.15) is 76.0 Å². The number of hydrogen-bond donors (Lipinski definition) is 2. The molecule has 4 amide bonds. The van der Waals surface area contributed by atoms with Gasteiger partial charge in [0, 0.05) is 48.7 Å². The summed E-state index contributed by atoms with van der Waals surface area (Å²) in [4.78, 5) is 67.6. The first-order valence-electron chi connectivity index (χ1n) is 18.5. The molecular formula is C39H48N6O8S2. The molecule has 2 fully saturated rings. The van der Waals surface area contributed by atoms with Gasteiger partial charge in [-0.1, -0.05) is 32.1 Å². The van der Waals surface area contributed by atoms with E-state index in [4.69, 9.17) is 19.4 Å². The molecule has 3 aliphatic rings. The number of hydrogen-bond acceptors (Lipinski definition) is 11. The summed E-state index contributed by atoms with van der Waals surface area (Å²) >= 11 is 1.47. The number of amides is 4. The average Bonchev–Trinajstić information content (AvgIpc) is 3.75. The van der Waals surface area contributed by atoms with E-state index in [0.717, 1.165) is 11.3 Å². The molecular weight excluding hydrogens is 745 g/mol. The van der Waals surface area contributed by atoms with Crippen molar-refractivity contribution in [3.05, 3.63) is 59.6 Å². The number of nitrogens with zero attached hydrogens (tertiary/aromatic N) is 4. The lowest BCUT2D eigenvalue weighted by Gasteiger charge is -2.32. The second kappa shape index (κ2) is 16.1. The molecule has 2 N–H and O–H groups in total. The maximum atomic E-state index is 14.4. The fourth-order valence-corrected chi connectivity index (χ4v) is 9.11. The van der Waals surface area contributed by atoms with Crippen molar-refractivity contribution in [2.75, 3.05) is 27.2 Å². The van der Waals surface area contributed by atoms with Gasteiger partial charge in [0.25, 0.3) is 5.91 Å². The fourth-order valence-electron chi connectivity index (χ4n) is 6.81. The molecule has 6 rings (SSSR count). The standard InChI is InChI=1S/C39H48N6O8S2/c1-7-39(38(49)43-55(50,51)26-13-14-26)17-11-9-8-10-12-33(46)44(5)21-34(47)45-20-25(18-30(45)36(48)42-39)53-32-19-28(37-41-29(22-54-37)23(2)3)40-35-24(4)31(52-6)16-15-27(32)35/h7,9,11,15-16,19,22-23,25-26,30H,1,8,10,12-14,17-18,20-21H2,2-6H3,(H,42,48)(H,43,49). The molecule has 2 aromatic heterocycles. The van der Waals surface area contributed by atoms with Gasteiger partial charge in [-0.2, -0.15) is 0 Å². The van der Waals surface area contributed by atoms with E-state index in [9.17, 15) is 27.6 Å². The molecule has 3 unspecified atom stereocenters. The molecule has 16 heteroatoms. The van der Waals surface area contributed by atoms with Crippen molar-refractivity contribution in [1.29, 1.82) is 0 Å². The SMILES string of the molecule is C=CC1(C(=O)NS(=O)(=O)C2CC2)CC=CCCCC(=O)N(C)CC(=O)N2CC(Oc3cc(-c4nc(C(C)C)cs4)nc4c(C)c(OC)ccc34)CC2C(=O)N1. The van der Waals surface area contributed by atoms with Gasteiger partial charge < -0.3 is 24.6 Å². The molecule has 1 aliphatic carbocycles. The predicted octanol–water partition coefficient (Wildman–Crippen LogP) is 4.39. The molecule has 1 saturated carbocycles. The summed E-state index contributed by atoms with van der Waals surface area (Å²) in [6.07, 6.45) is 5.93. The monoisotopic (exact) mass is 792 g/mol. The number of pyridine rings is 1. The van der Waals surface area contributed by atoms with Gasteiger partial charge in [-0.3, -0.25) is 23.9 Å². The van der Waals surface area contributed by atoms with Crippen LogP contribution in [0.4, 0.5) is 0 Å². The van der Waals surface area contributed by atoms with Gasteiger partial charge in [-0.25, -0.2) is 18.4 Å². The minimum absolute atomic E-state index is 0.00870. The molecule has 4 heterocycles. The Bertz CT molecular complexity index is 2150. The molecule has 3 atom stereocenters. The highest BCUT2D eigenvalue weighted by molar-refractivity contribution is 7.91. The smallest absolute Gasteiger partial charge is 0.263 e. The van der Waals surface area contributed by atoms with Crippen LogP contribution in [0.25, 0.3) is 21.6 Å². The molecule has 2 aliphatic heterocycles. The molecule has 0 bridgehead atoms. The lowest BCUT2D eigenvalue weighted by Crippen LogP contribution is -2.61. The van der Waals surface area contributed by atoms with Crippen molar-refractivity contribution >= 4 is 55.9 Å². The quantitative estimate of drug-likeness (QED) is 0.296. The minimum Gasteiger partial charge on any atom is -0.496 e. The molecule has 0 radical (unpaired) electrons. The number of benzene rings is 1. The van der Waals surface area contributed by atoms with E-state index < -0.39 is 50.7 Å². The van der Waals surface area contributed by atoms with Crippen LogP contribution in [0.15, 0.2) is 48.4 Å². The predicted molar refractivity (Wildman–Crippen MR) is 209 cm³/mol. The Labute approximate surface area is 325 Å². The van der Waals surface area contributed by atoms with Crippen molar-refractivity contribution in [2.45, 2.75) is 94.6 Å². The van der Waals surface area contributed by atoms with Crippen molar-refractivity contribution in [3.63, 3.8) is 0 Å². The third kappa shape index (κ3) is 8.54. The van der Waals surface area contributed by atoms with E-state index in [1.54, 1.807) is 32.4 Å². The topological polar surface area (TPSA) is 177 Å². The van der Waals surface area contributed by atoms with Crippen molar-refractivity contribution < 1.29 is 37.1 Å². The molecule has 55 heavy (non-hydrogen) atoms. The van der Waals surface area contributed by atoms with Gasteiger partial charge >= 0.3 is 0 Å². The van der Waals surface area contributed by atoms with Gasteiger partial charge in [-0.05, 0) is 50.7 Å². The summed E-state index contributed by atoms with van der Waals surface area (Å²) in [6, 6.07) is 4.35. The summed E-state index contributed by atoms with van der Waals surface area (Å²) in [5.74, 6) is -1.01. The van der Waals surface area contributed by atoms with Crippen molar-refractivity contribution in [3.8, 4) is 22.2 Å². The number of carbonyl (C=O) groups is 4. The summed E-state index contributed by atoms with van der Waals surface area (Å²) in [5, 5.41) is 5.50. The molecule has 3 aromatic rings. The number of fused-ring (bicyclic) bond motifs is 2. The zero-order valence-electron chi connectivity index (χ0n) is 31.8. The number of methoxy groups -OCH3 is 1. The van der Waals surface area contributed by atoms with E-state index in [0.29, 0.717) is 58.8 Å². The Morgan fingerprint density at radius 2 is 1.91 bits per heavy atom. The number of rotatable bonds is 9. The van der Waals surface area contributed by atoms with Gasteiger partial charge in [0.05, 0.1) is 36.7 Å². The molecule has 1 aromatic carbocycles. The molecule has 14 nitrogen and oxygen atoms in total. The number of aryl methyl sites for hydroxylation is 1. The summed E-state index contributed by atoms with van der Waals surface area (Å²) < 4.78 is 40.2. The normalized spacial score (nSPS) is 22.9. The number of carbonyl (C=O) groups excluding carboxylic acids is 4. The van der Waals surface area contributed by atoms with E-state index in [1.807, 2.05) is 24.4 Å². The van der Waals surface area contributed by atoms with Crippen LogP contribution in [0.2, 0.25) is 0 Å². The highest BCUT2D eigenvalue weighted by atomic mass is 32.2. The Balaban J connectivity index is 1.36. The summed E-state index contributed by atoms with van der Waals surface area (Å²) in [7, 11) is -0.834. The number of sulfonamides is 1. The van der Waals surface area contributed by atoms with Crippen molar-refractivity contribution in [1.82, 2.24) is 29.8 Å². The molecule has 0 spiro atoms. The Morgan fingerprint density at radius 1 is 1.15 bits per heavy atom. The van der Waals surface area contributed by atoms with Crippen LogP contribution in [0.3, 0.4) is 0 Å². The van der Waals surface area contributed by atoms with Gasteiger partial charge in [-0.15, -0.1) is 17.9 Å². The first kappa shape index (κ1) is 39.9. The van der Waals surface area contributed by atoms with Crippen molar-refractivity contribution in [2.24, 2.45) is 0 Å². The van der Waals surface area contributed by atoms with Crippen LogP contribution in [0.5, 0.6) is 11.5 Å². The third-order valence-electron chi connectivity index (χ3n) is 10.3.